The van der Waals surface area contributed by atoms with Crippen molar-refractivity contribution in [2.45, 2.75) is 30.7 Å². The third kappa shape index (κ3) is 3.25. The van der Waals surface area contributed by atoms with Gasteiger partial charge in [0.1, 0.15) is 10.7 Å². The standard InChI is InChI=1S/C12H16ClFN2O2S/c1-7-4-12(9(13)5-10(7)14)19(17,18)16-11(6-15)8-2-3-8/h4-5,8,11,16H,2-3,6,15H2,1H3/t11-/m0/s1. The van der Waals surface area contributed by atoms with E-state index >= 15 is 0 Å². The Balaban J connectivity index is 2.31. The number of benzene rings is 1. The molecule has 0 aromatic heterocycles. The van der Waals surface area contributed by atoms with Gasteiger partial charge in [-0.1, -0.05) is 11.6 Å². The molecule has 3 N–H and O–H groups in total. The van der Waals surface area contributed by atoms with Crippen LogP contribution in [0.2, 0.25) is 5.02 Å². The molecule has 0 amide bonds. The maximum absolute atomic E-state index is 13.3. The maximum Gasteiger partial charge on any atom is 0.242 e. The van der Waals surface area contributed by atoms with Gasteiger partial charge in [-0.15, -0.1) is 0 Å². The third-order valence-corrected chi connectivity index (χ3v) is 5.21. The Morgan fingerprint density at radius 1 is 1.53 bits per heavy atom. The first-order valence-corrected chi connectivity index (χ1v) is 7.89. The zero-order chi connectivity index (χ0) is 14.2. The molecule has 0 bridgehead atoms. The number of rotatable bonds is 5. The number of halogens is 2. The second-order valence-corrected chi connectivity index (χ2v) is 6.92. The molecule has 0 aliphatic heterocycles. The Morgan fingerprint density at radius 3 is 2.68 bits per heavy atom. The molecular weight excluding hydrogens is 291 g/mol. The molecule has 106 valence electrons. The highest BCUT2D eigenvalue weighted by Crippen LogP contribution is 2.33. The fourth-order valence-electron chi connectivity index (χ4n) is 1.93. The molecular formula is C12H16ClFN2O2S. The van der Waals surface area contributed by atoms with Crippen molar-refractivity contribution < 1.29 is 12.8 Å². The Labute approximate surface area is 117 Å². The highest BCUT2D eigenvalue weighted by atomic mass is 35.5. The Kier molecular flexibility index (Phi) is 4.15. The van der Waals surface area contributed by atoms with Gasteiger partial charge in [0.2, 0.25) is 10.0 Å². The smallest absolute Gasteiger partial charge is 0.242 e. The molecule has 0 radical (unpaired) electrons. The van der Waals surface area contributed by atoms with Crippen molar-refractivity contribution in [1.29, 1.82) is 0 Å². The number of hydrogen-bond donors (Lipinski definition) is 2. The van der Waals surface area contributed by atoms with Crippen LogP contribution in [-0.2, 0) is 10.0 Å². The van der Waals surface area contributed by atoms with Crippen molar-refractivity contribution in [2.75, 3.05) is 6.54 Å². The summed E-state index contributed by atoms with van der Waals surface area (Å²) in [5, 5.41) is -0.123. The van der Waals surface area contributed by atoms with E-state index in [9.17, 15) is 12.8 Å². The van der Waals surface area contributed by atoms with E-state index in [1.54, 1.807) is 0 Å². The van der Waals surface area contributed by atoms with Crippen molar-refractivity contribution in [3.63, 3.8) is 0 Å². The van der Waals surface area contributed by atoms with Gasteiger partial charge in [-0.25, -0.2) is 17.5 Å². The Hall–Kier alpha value is -0.690. The molecule has 19 heavy (non-hydrogen) atoms. The second-order valence-electron chi connectivity index (χ2n) is 4.83. The summed E-state index contributed by atoms with van der Waals surface area (Å²) in [6, 6.07) is 1.96. The van der Waals surface area contributed by atoms with Crippen molar-refractivity contribution >= 4 is 21.6 Å². The number of hydrogen-bond acceptors (Lipinski definition) is 3. The molecule has 1 aliphatic rings. The molecule has 1 fully saturated rings. The number of nitrogens with one attached hydrogen (secondary N) is 1. The Morgan fingerprint density at radius 2 is 2.16 bits per heavy atom. The fourth-order valence-corrected chi connectivity index (χ4v) is 3.85. The van der Waals surface area contributed by atoms with Crippen LogP contribution in [0.15, 0.2) is 17.0 Å². The summed E-state index contributed by atoms with van der Waals surface area (Å²) in [6.45, 7) is 1.73. The van der Waals surface area contributed by atoms with Crippen LogP contribution in [0.1, 0.15) is 18.4 Å². The second kappa shape index (κ2) is 5.36. The van der Waals surface area contributed by atoms with Gasteiger partial charge in [0, 0.05) is 12.6 Å². The molecule has 0 heterocycles. The summed E-state index contributed by atoms with van der Waals surface area (Å²) in [6.07, 6.45) is 1.95. The van der Waals surface area contributed by atoms with Gasteiger partial charge in [-0.05, 0) is 43.4 Å². The minimum Gasteiger partial charge on any atom is -0.329 e. The van der Waals surface area contributed by atoms with Gasteiger partial charge < -0.3 is 5.73 Å². The zero-order valence-electron chi connectivity index (χ0n) is 10.5. The van der Waals surface area contributed by atoms with Gasteiger partial charge in [0.25, 0.3) is 0 Å². The predicted octanol–water partition coefficient (Wildman–Crippen LogP) is 1.80. The summed E-state index contributed by atoms with van der Waals surface area (Å²) in [7, 11) is -3.78. The average molecular weight is 307 g/mol. The summed E-state index contributed by atoms with van der Waals surface area (Å²) in [4.78, 5) is -0.104. The van der Waals surface area contributed by atoms with Gasteiger partial charge in [0.15, 0.2) is 0 Å². The lowest BCUT2D eigenvalue weighted by atomic mass is 10.2. The summed E-state index contributed by atoms with van der Waals surface area (Å²) >= 11 is 5.82. The van der Waals surface area contributed by atoms with Crippen LogP contribution in [0.25, 0.3) is 0 Å². The highest BCUT2D eigenvalue weighted by Gasteiger charge is 2.34. The largest absolute Gasteiger partial charge is 0.329 e. The molecule has 0 spiro atoms. The average Bonchev–Trinajstić information content (AvgIpc) is 3.14. The molecule has 0 unspecified atom stereocenters. The van der Waals surface area contributed by atoms with E-state index in [1.165, 1.54) is 13.0 Å². The summed E-state index contributed by atoms with van der Waals surface area (Å²) < 4.78 is 40.3. The van der Waals surface area contributed by atoms with Crippen LogP contribution in [0.4, 0.5) is 4.39 Å². The van der Waals surface area contributed by atoms with Gasteiger partial charge in [0.05, 0.1) is 5.02 Å². The first-order chi connectivity index (χ1) is 8.85. The lowest BCUT2D eigenvalue weighted by molar-refractivity contribution is 0.519. The van der Waals surface area contributed by atoms with Crippen LogP contribution < -0.4 is 10.5 Å². The highest BCUT2D eigenvalue weighted by molar-refractivity contribution is 7.89. The van der Waals surface area contributed by atoms with E-state index in [1.807, 2.05) is 0 Å². The minimum absolute atomic E-state index is 0.104. The molecule has 2 rings (SSSR count). The third-order valence-electron chi connectivity index (χ3n) is 3.25. The summed E-state index contributed by atoms with van der Waals surface area (Å²) in [5.74, 6) is -0.235. The number of sulfonamides is 1. The predicted molar refractivity (Wildman–Crippen MR) is 72.0 cm³/mol. The van der Waals surface area contributed by atoms with Gasteiger partial charge in [-0.2, -0.15) is 0 Å². The minimum atomic E-state index is -3.78. The molecule has 1 aromatic rings. The van der Waals surface area contributed by atoms with Gasteiger partial charge >= 0.3 is 0 Å². The van der Waals surface area contributed by atoms with E-state index in [2.05, 4.69) is 4.72 Å². The first kappa shape index (κ1) is 14.7. The number of nitrogens with two attached hydrogens (primary N) is 1. The monoisotopic (exact) mass is 306 g/mol. The van der Waals surface area contributed by atoms with Crippen LogP contribution in [0.5, 0.6) is 0 Å². The Bertz CT molecular complexity index is 588. The molecule has 1 saturated carbocycles. The van der Waals surface area contributed by atoms with E-state index in [-0.39, 0.29) is 28.1 Å². The molecule has 1 aliphatic carbocycles. The van der Waals surface area contributed by atoms with Crippen LogP contribution in [-0.4, -0.2) is 21.0 Å². The topological polar surface area (TPSA) is 72.2 Å². The SMILES string of the molecule is Cc1cc(S(=O)(=O)N[C@@H](CN)C2CC2)c(Cl)cc1F. The molecule has 7 heteroatoms. The van der Waals surface area contributed by atoms with Crippen molar-refractivity contribution in [3.05, 3.63) is 28.5 Å². The molecule has 4 nitrogen and oxygen atoms in total. The van der Waals surface area contributed by atoms with E-state index < -0.39 is 15.8 Å². The van der Waals surface area contributed by atoms with Crippen LogP contribution in [0, 0.1) is 18.7 Å². The summed E-state index contributed by atoms with van der Waals surface area (Å²) in [5.41, 5.74) is 5.81. The van der Waals surface area contributed by atoms with Crippen LogP contribution >= 0.6 is 11.6 Å². The molecule has 0 saturated heterocycles. The van der Waals surface area contributed by atoms with E-state index in [0.29, 0.717) is 5.92 Å². The van der Waals surface area contributed by atoms with E-state index in [0.717, 1.165) is 18.9 Å². The molecule has 1 aromatic carbocycles. The van der Waals surface area contributed by atoms with Crippen LogP contribution in [0.3, 0.4) is 0 Å². The fraction of sp³-hybridized carbons (Fsp3) is 0.500. The lowest BCUT2D eigenvalue weighted by Crippen LogP contribution is -2.41. The van der Waals surface area contributed by atoms with Crippen molar-refractivity contribution in [3.8, 4) is 0 Å². The van der Waals surface area contributed by atoms with Crippen molar-refractivity contribution in [1.82, 2.24) is 4.72 Å². The molecule has 1 atom stereocenters. The zero-order valence-corrected chi connectivity index (χ0v) is 12.1. The maximum atomic E-state index is 13.3. The number of aryl methyl sites for hydroxylation is 1. The van der Waals surface area contributed by atoms with Gasteiger partial charge in [-0.3, -0.25) is 0 Å². The quantitative estimate of drug-likeness (QED) is 0.871. The normalized spacial score (nSPS) is 17.5. The van der Waals surface area contributed by atoms with Crippen molar-refractivity contribution in [2.24, 2.45) is 11.7 Å². The first-order valence-electron chi connectivity index (χ1n) is 6.03. The lowest BCUT2D eigenvalue weighted by Gasteiger charge is -2.17. The van der Waals surface area contributed by atoms with E-state index in [4.69, 9.17) is 17.3 Å².